The van der Waals surface area contributed by atoms with Crippen molar-refractivity contribution in [2.75, 3.05) is 44.7 Å². The van der Waals surface area contributed by atoms with Crippen LogP contribution in [0.25, 0.3) is 0 Å². The molecule has 1 saturated heterocycles. The molecule has 8 nitrogen and oxygen atoms in total. The molecule has 29 heavy (non-hydrogen) atoms. The number of aromatic nitrogens is 2. The van der Waals surface area contributed by atoms with Crippen LogP contribution in [-0.2, 0) is 16.6 Å². The predicted molar refractivity (Wildman–Crippen MR) is 111 cm³/mol. The summed E-state index contributed by atoms with van der Waals surface area (Å²) in [6.07, 6.45) is 2.88. The van der Waals surface area contributed by atoms with Crippen LogP contribution in [-0.4, -0.2) is 78.6 Å². The lowest BCUT2D eigenvalue weighted by Gasteiger charge is -2.34. The van der Waals surface area contributed by atoms with Gasteiger partial charge in [0, 0.05) is 45.2 Å². The summed E-state index contributed by atoms with van der Waals surface area (Å²) in [4.78, 5) is 16.4. The number of sulfone groups is 1. The first-order valence-corrected chi connectivity index (χ1v) is 11.8. The number of hydrogen-bond acceptors (Lipinski definition) is 6. The van der Waals surface area contributed by atoms with Crippen molar-refractivity contribution >= 4 is 38.9 Å². The Hall–Kier alpha value is -1.81. The molecule has 0 radical (unpaired) electrons. The molecular formula is C18H22Cl2N4O4S. The maximum absolute atomic E-state index is 12.7. The minimum atomic E-state index is -2.99. The van der Waals surface area contributed by atoms with Gasteiger partial charge in [0.1, 0.15) is 9.84 Å². The average Bonchev–Trinajstić information content (AvgIpc) is 3.14. The predicted octanol–water partition coefficient (Wildman–Crippen LogP) is 2.03. The Morgan fingerprint density at radius 3 is 2.41 bits per heavy atom. The number of piperazine rings is 1. The van der Waals surface area contributed by atoms with Crippen molar-refractivity contribution in [3.63, 3.8) is 0 Å². The first-order chi connectivity index (χ1) is 13.7. The van der Waals surface area contributed by atoms with Crippen molar-refractivity contribution in [1.29, 1.82) is 0 Å². The second-order valence-electron chi connectivity index (χ2n) is 6.83. The molecule has 1 aromatic carbocycles. The first-order valence-electron chi connectivity index (χ1n) is 9.02. The number of ether oxygens (including phenoxy) is 1. The summed E-state index contributed by atoms with van der Waals surface area (Å²) in [6, 6.07) is 6.71. The maximum Gasteiger partial charge on any atom is 0.274 e. The Kier molecular flexibility index (Phi) is 7.05. The molecule has 11 heteroatoms. The van der Waals surface area contributed by atoms with Gasteiger partial charge in [-0.25, -0.2) is 13.1 Å². The average molecular weight is 461 g/mol. The molecule has 0 spiro atoms. The van der Waals surface area contributed by atoms with E-state index >= 15 is 0 Å². The standard InChI is InChI=1S/C18H22Cl2N4O4S/c1-29(26,27)12-11-22-7-9-23(10-8-22)18(25)16-5-6-24(21-16)13-28-17-14(19)3-2-4-15(17)20/h2-6H,7-13H2,1H3. The van der Waals surface area contributed by atoms with Gasteiger partial charge in [0.25, 0.3) is 5.91 Å². The zero-order chi connectivity index (χ0) is 21.0. The molecule has 0 atom stereocenters. The van der Waals surface area contributed by atoms with Gasteiger partial charge in [0.2, 0.25) is 0 Å². The lowest BCUT2D eigenvalue weighted by Crippen LogP contribution is -2.49. The highest BCUT2D eigenvalue weighted by atomic mass is 35.5. The van der Waals surface area contributed by atoms with Crippen LogP contribution in [0.15, 0.2) is 30.5 Å². The Morgan fingerprint density at radius 2 is 1.79 bits per heavy atom. The number of nitrogens with zero attached hydrogens (tertiary/aromatic N) is 4. The van der Waals surface area contributed by atoms with Gasteiger partial charge >= 0.3 is 0 Å². The van der Waals surface area contributed by atoms with Crippen molar-refractivity contribution in [3.05, 3.63) is 46.2 Å². The van der Waals surface area contributed by atoms with E-state index in [9.17, 15) is 13.2 Å². The largest absolute Gasteiger partial charge is 0.468 e. The van der Waals surface area contributed by atoms with Crippen LogP contribution in [0.1, 0.15) is 10.5 Å². The second kappa shape index (κ2) is 9.34. The van der Waals surface area contributed by atoms with E-state index in [1.54, 1.807) is 35.4 Å². The van der Waals surface area contributed by atoms with Crippen LogP contribution in [0.2, 0.25) is 10.0 Å². The Bertz CT molecular complexity index is 952. The molecule has 1 aliphatic rings. The maximum atomic E-state index is 12.7. The van der Waals surface area contributed by atoms with Gasteiger partial charge in [0.15, 0.2) is 18.2 Å². The summed E-state index contributed by atoms with van der Waals surface area (Å²) in [5, 5.41) is 5.06. The van der Waals surface area contributed by atoms with E-state index in [2.05, 4.69) is 5.10 Å². The second-order valence-corrected chi connectivity index (χ2v) is 9.90. The lowest BCUT2D eigenvalue weighted by molar-refractivity contribution is 0.0636. The molecule has 3 rings (SSSR count). The normalized spacial score (nSPS) is 15.5. The zero-order valence-electron chi connectivity index (χ0n) is 15.9. The topological polar surface area (TPSA) is 84.7 Å². The molecule has 1 aromatic heterocycles. The van der Waals surface area contributed by atoms with Crippen LogP contribution >= 0.6 is 23.2 Å². The first kappa shape index (κ1) is 21.9. The summed E-state index contributed by atoms with van der Waals surface area (Å²) in [6.45, 7) is 2.88. The lowest BCUT2D eigenvalue weighted by atomic mass is 10.3. The monoisotopic (exact) mass is 460 g/mol. The van der Waals surface area contributed by atoms with Crippen molar-refractivity contribution in [3.8, 4) is 5.75 Å². The fourth-order valence-electron chi connectivity index (χ4n) is 2.93. The molecule has 1 aliphatic heterocycles. The summed E-state index contributed by atoms with van der Waals surface area (Å²) in [5.74, 6) is 0.326. The van der Waals surface area contributed by atoms with Crippen LogP contribution < -0.4 is 4.74 Å². The van der Waals surface area contributed by atoms with Crippen LogP contribution in [0.5, 0.6) is 5.75 Å². The fourth-order valence-corrected chi connectivity index (χ4v) is 4.03. The van der Waals surface area contributed by atoms with E-state index in [0.717, 1.165) is 0 Å². The molecule has 0 unspecified atom stereocenters. The number of amides is 1. The smallest absolute Gasteiger partial charge is 0.274 e. The molecule has 0 saturated carbocycles. The van der Waals surface area contributed by atoms with Gasteiger partial charge in [-0.3, -0.25) is 9.69 Å². The molecule has 0 aliphatic carbocycles. The third-order valence-electron chi connectivity index (χ3n) is 4.56. The molecule has 2 heterocycles. The van der Waals surface area contributed by atoms with E-state index in [1.165, 1.54) is 10.9 Å². The summed E-state index contributed by atoms with van der Waals surface area (Å²) in [5.41, 5.74) is 0.323. The third-order valence-corrected chi connectivity index (χ3v) is 6.08. The van der Waals surface area contributed by atoms with E-state index in [0.29, 0.717) is 54.2 Å². The van der Waals surface area contributed by atoms with E-state index in [4.69, 9.17) is 27.9 Å². The van der Waals surface area contributed by atoms with Crippen LogP contribution in [0.3, 0.4) is 0 Å². The summed E-state index contributed by atoms with van der Waals surface area (Å²) < 4.78 is 29.7. The Balaban J connectivity index is 1.52. The minimum absolute atomic E-state index is 0.0655. The molecule has 1 amide bonds. The minimum Gasteiger partial charge on any atom is -0.468 e. The van der Waals surface area contributed by atoms with Gasteiger partial charge < -0.3 is 9.64 Å². The Labute approximate surface area is 179 Å². The summed E-state index contributed by atoms with van der Waals surface area (Å²) in [7, 11) is -2.99. The summed E-state index contributed by atoms with van der Waals surface area (Å²) >= 11 is 12.1. The van der Waals surface area contributed by atoms with Crippen molar-refractivity contribution in [2.45, 2.75) is 6.73 Å². The number of carbonyl (C=O) groups is 1. The van der Waals surface area contributed by atoms with Crippen molar-refractivity contribution < 1.29 is 17.9 Å². The zero-order valence-corrected chi connectivity index (χ0v) is 18.3. The van der Waals surface area contributed by atoms with Gasteiger partial charge in [-0.05, 0) is 18.2 Å². The highest BCUT2D eigenvalue weighted by molar-refractivity contribution is 7.90. The SMILES string of the molecule is CS(=O)(=O)CCN1CCN(C(=O)c2ccn(COc3c(Cl)cccc3Cl)n2)CC1. The van der Waals surface area contributed by atoms with Gasteiger partial charge in [0.05, 0.1) is 15.8 Å². The molecule has 2 aromatic rings. The number of hydrogen-bond donors (Lipinski definition) is 0. The van der Waals surface area contributed by atoms with E-state index in [-0.39, 0.29) is 18.4 Å². The number of carbonyl (C=O) groups excluding carboxylic acids is 1. The highest BCUT2D eigenvalue weighted by Gasteiger charge is 2.24. The van der Waals surface area contributed by atoms with Gasteiger partial charge in [-0.2, -0.15) is 5.10 Å². The number of rotatable bonds is 7. The molecule has 0 bridgehead atoms. The number of halogens is 2. The molecular weight excluding hydrogens is 439 g/mol. The highest BCUT2D eigenvalue weighted by Crippen LogP contribution is 2.32. The van der Waals surface area contributed by atoms with E-state index in [1.807, 2.05) is 4.90 Å². The van der Waals surface area contributed by atoms with Gasteiger partial charge in [-0.15, -0.1) is 0 Å². The van der Waals surface area contributed by atoms with Crippen molar-refractivity contribution in [1.82, 2.24) is 19.6 Å². The fraction of sp³-hybridized carbons (Fsp3) is 0.444. The number of para-hydroxylation sites is 1. The molecule has 158 valence electrons. The molecule has 0 N–H and O–H groups in total. The number of benzene rings is 1. The van der Waals surface area contributed by atoms with E-state index < -0.39 is 9.84 Å². The molecule has 1 fully saturated rings. The van der Waals surface area contributed by atoms with Crippen LogP contribution in [0, 0.1) is 0 Å². The van der Waals surface area contributed by atoms with Gasteiger partial charge in [-0.1, -0.05) is 29.3 Å². The van der Waals surface area contributed by atoms with Crippen molar-refractivity contribution in [2.24, 2.45) is 0 Å². The third kappa shape index (κ3) is 6.08. The van der Waals surface area contributed by atoms with Crippen LogP contribution in [0.4, 0.5) is 0 Å². The quantitative estimate of drug-likeness (QED) is 0.628. The Morgan fingerprint density at radius 1 is 1.14 bits per heavy atom.